The third-order valence-electron chi connectivity index (χ3n) is 2.94. The summed E-state index contributed by atoms with van der Waals surface area (Å²) in [5, 5.41) is 0. The maximum Gasteiger partial charge on any atom is 0.103 e. The van der Waals surface area contributed by atoms with Gasteiger partial charge in [-0.25, -0.2) is 0 Å². The van der Waals surface area contributed by atoms with Crippen molar-refractivity contribution in [3.8, 4) is 0 Å². The first-order chi connectivity index (χ1) is 7.65. The van der Waals surface area contributed by atoms with Crippen LogP contribution in [-0.2, 0) is 13.0 Å². The van der Waals surface area contributed by atoms with Gasteiger partial charge in [0, 0.05) is 5.56 Å². The fraction of sp³-hybridized carbons (Fsp3) is 0.467. The van der Waals surface area contributed by atoms with Crippen LogP contribution in [0.4, 0.5) is 0 Å². The summed E-state index contributed by atoms with van der Waals surface area (Å²) in [6.45, 7) is 13.9. The molecular formula is C15H24N+. The van der Waals surface area contributed by atoms with E-state index in [0.29, 0.717) is 0 Å². The van der Waals surface area contributed by atoms with Gasteiger partial charge in [0.15, 0.2) is 0 Å². The van der Waals surface area contributed by atoms with Gasteiger partial charge in [-0.15, -0.1) is 0 Å². The summed E-state index contributed by atoms with van der Waals surface area (Å²) in [5.74, 6) is 0. The molecular weight excluding hydrogens is 194 g/mol. The normalized spacial score (nSPS) is 12.4. The fourth-order valence-corrected chi connectivity index (χ4v) is 1.92. The van der Waals surface area contributed by atoms with Crippen LogP contribution >= 0.6 is 0 Å². The zero-order valence-corrected chi connectivity index (χ0v) is 10.8. The Hall–Kier alpha value is -1.08. The van der Waals surface area contributed by atoms with Crippen LogP contribution in [0.5, 0.6) is 0 Å². The first-order valence-electron chi connectivity index (χ1n) is 6.21. The van der Waals surface area contributed by atoms with E-state index in [1.807, 2.05) is 0 Å². The maximum atomic E-state index is 3.99. The molecule has 0 aliphatic rings. The molecule has 0 amide bonds. The second-order valence-electron chi connectivity index (χ2n) is 4.58. The number of hydrogen-bond acceptors (Lipinski definition) is 0. The van der Waals surface area contributed by atoms with Gasteiger partial charge >= 0.3 is 0 Å². The highest BCUT2D eigenvalue weighted by Crippen LogP contribution is 2.03. The Morgan fingerprint density at radius 1 is 1.12 bits per heavy atom. The molecule has 88 valence electrons. The number of aryl methyl sites for hydroxylation is 1. The third kappa shape index (κ3) is 4.19. The minimum atomic E-state index is 1.08. The Kier molecular flexibility index (Phi) is 5.27. The quantitative estimate of drug-likeness (QED) is 0.698. The molecule has 1 rings (SSSR count). The van der Waals surface area contributed by atoms with Gasteiger partial charge in [-0.2, -0.15) is 0 Å². The zero-order chi connectivity index (χ0) is 12.0. The molecule has 0 fully saturated rings. The minimum absolute atomic E-state index is 1.08. The standard InChI is InChI=1S/C15H23N/c1-5-14-7-9-15(10-8-14)12-16(6-2)11-13(3)4/h7-10H,3,5-6,11-12H2,1-2,4H3/p+1. The van der Waals surface area contributed by atoms with Crippen molar-refractivity contribution in [2.24, 2.45) is 0 Å². The highest BCUT2D eigenvalue weighted by Gasteiger charge is 2.06. The van der Waals surface area contributed by atoms with Gasteiger partial charge in [0.05, 0.1) is 13.1 Å². The molecule has 1 aromatic carbocycles. The first kappa shape index (κ1) is 13.0. The Morgan fingerprint density at radius 2 is 1.69 bits per heavy atom. The van der Waals surface area contributed by atoms with E-state index in [2.05, 4.69) is 51.6 Å². The van der Waals surface area contributed by atoms with Gasteiger partial charge in [0.1, 0.15) is 6.54 Å². The fourth-order valence-electron chi connectivity index (χ4n) is 1.92. The van der Waals surface area contributed by atoms with Gasteiger partial charge in [-0.3, -0.25) is 0 Å². The predicted octanol–water partition coefficient (Wildman–Crippen LogP) is 2.23. The Labute approximate surface area is 99.8 Å². The number of quaternary nitrogens is 1. The predicted molar refractivity (Wildman–Crippen MR) is 70.7 cm³/mol. The number of benzene rings is 1. The van der Waals surface area contributed by atoms with Crippen LogP contribution in [0, 0.1) is 0 Å². The van der Waals surface area contributed by atoms with E-state index in [-0.39, 0.29) is 0 Å². The van der Waals surface area contributed by atoms with Crippen molar-refractivity contribution < 1.29 is 4.90 Å². The summed E-state index contributed by atoms with van der Waals surface area (Å²) in [5.41, 5.74) is 4.11. The molecule has 0 aromatic heterocycles. The number of nitrogens with one attached hydrogen (secondary N) is 1. The molecule has 1 atom stereocenters. The minimum Gasteiger partial charge on any atom is -0.328 e. The van der Waals surface area contributed by atoms with E-state index in [9.17, 15) is 0 Å². The molecule has 0 spiro atoms. The Morgan fingerprint density at radius 3 is 2.12 bits per heavy atom. The van der Waals surface area contributed by atoms with Crippen molar-refractivity contribution in [3.63, 3.8) is 0 Å². The lowest BCUT2D eigenvalue weighted by Gasteiger charge is -2.17. The average molecular weight is 218 g/mol. The smallest absolute Gasteiger partial charge is 0.103 e. The molecule has 1 heteroatoms. The van der Waals surface area contributed by atoms with Crippen LogP contribution in [0.15, 0.2) is 36.4 Å². The van der Waals surface area contributed by atoms with E-state index in [0.717, 1.165) is 26.1 Å². The van der Waals surface area contributed by atoms with Gasteiger partial charge in [0.2, 0.25) is 0 Å². The first-order valence-corrected chi connectivity index (χ1v) is 6.21. The third-order valence-corrected chi connectivity index (χ3v) is 2.94. The van der Waals surface area contributed by atoms with Crippen LogP contribution < -0.4 is 4.90 Å². The van der Waals surface area contributed by atoms with Crippen LogP contribution in [0.2, 0.25) is 0 Å². The summed E-state index contributed by atoms with van der Waals surface area (Å²) in [4.78, 5) is 1.58. The topological polar surface area (TPSA) is 4.44 Å². The molecule has 0 saturated carbocycles. The van der Waals surface area contributed by atoms with Gasteiger partial charge in [-0.1, -0.05) is 37.8 Å². The van der Waals surface area contributed by atoms with Crippen molar-refractivity contribution >= 4 is 0 Å². The van der Waals surface area contributed by atoms with Crippen LogP contribution in [-0.4, -0.2) is 13.1 Å². The molecule has 0 saturated heterocycles. The summed E-state index contributed by atoms with van der Waals surface area (Å²) >= 11 is 0. The van der Waals surface area contributed by atoms with Gasteiger partial charge in [0.25, 0.3) is 0 Å². The number of likely N-dealkylation sites (N-methyl/N-ethyl adjacent to an activating group) is 1. The Balaban J connectivity index is 2.59. The zero-order valence-electron chi connectivity index (χ0n) is 10.8. The van der Waals surface area contributed by atoms with Crippen LogP contribution in [0.3, 0.4) is 0 Å². The highest BCUT2D eigenvalue weighted by atomic mass is 15.1. The molecule has 1 unspecified atom stereocenters. The van der Waals surface area contributed by atoms with Crippen molar-refractivity contribution in [2.45, 2.75) is 33.7 Å². The monoisotopic (exact) mass is 218 g/mol. The average Bonchev–Trinajstić information content (AvgIpc) is 2.28. The van der Waals surface area contributed by atoms with Crippen LogP contribution in [0.1, 0.15) is 31.9 Å². The highest BCUT2D eigenvalue weighted by molar-refractivity contribution is 5.21. The lowest BCUT2D eigenvalue weighted by molar-refractivity contribution is -0.907. The molecule has 0 radical (unpaired) electrons. The molecule has 1 nitrogen and oxygen atoms in total. The number of rotatable bonds is 6. The van der Waals surface area contributed by atoms with E-state index in [1.54, 1.807) is 4.90 Å². The van der Waals surface area contributed by atoms with E-state index in [1.165, 1.54) is 16.7 Å². The lowest BCUT2D eigenvalue weighted by atomic mass is 10.1. The Bertz CT molecular complexity index is 324. The van der Waals surface area contributed by atoms with Gasteiger partial charge in [-0.05, 0) is 31.4 Å². The molecule has 0 aliphatic heterocycles. The number of hydrogen-bond donors (Lipinski definition) is 1. The van der Waals surface area contributed by atoms with Crippen molar-refractivity contribution in [1.82, 2.24) is 0 Å². The SMILES string of the molecule is C=C(C)C[NH+](CC)Cc1ccc(CC)cc1. The van der Waals surface area contributed by atoms with E-state index >= 15 is 0 Å². The second kappa shape index (κ2) is 6.49. The lowest BCUT2D eigenvalue weighted by Crippen LogP contribution is -3.10. The van der Waals surface area contributed by atoms with E-state index < -0.39 is 0 Å². The second-order valence-corrected chi connectivity index (χ2v) is 4.58. The molecule has 1 N–H and O–H groups in total. The molecule has 0 heterocycles. The van der Waals surface area contributed by atoms with Crippen LogP contribution in [0.25, 0.3) is 0 Å². The van der Waals surface area contributed by atoms with E-state index in [4.69, 9.17) is 0 Å². The molecule has 1 aromatic rings. The van der Waals surface area contributed by atoms with Gasteiger partial charge < -0.3 is 4.90 Å². The van der Waals surface area contributed by atoms with Crippen molar-refractivity contribution in [3.05, 3.63) is 47.5 Å². The summed E-state index contributed by atoms with van der Waals surface area (Å²) < 4.78 is 0. The molecule has 16 heavy (non-hydrogen) atoms. The largest absolute Gasteiger partial charge is 0.328 e. The maximum absolute atomic E-state index is 3.99. The summed E-state index contributed by atoms with van der Waals surface area (Å²) in [6, 6.07) is 8.99. The van der Waals surface area contributed by atoms with Crippen molar-refractivity contribution in [2.75, 3.05) is 13.1 Å². The summed E-state index contributed by atoms with van der Waals surface area (Å²) in [6.07, 6.45) is 1.12. The molecule has 0 bridgehead atoms. The van der Waals surface area contributed by atoms with Crippen molar-refractivity contribution in [1.29, 1.82) is 0 Å². The summed E-state index contributed by atoms with van der Waals surface area (Å²) in [7, 11) is 0. The molecule has 0 aliphatic carbocycles.